The van der Waals surface area contributed by atoms with Crippen molar-refractivity contribution in [2.45, 2.75) is 30.1 Å². The average Bonchev–Trinajstić information content (AvgIpc) is 2.86. The highest BCUT2D eigenvalue weighted by atomic mass is 127. The van der Waals surface area contributed by atoms with Gasteiger partial charge in [-0.15, -0.1) is 35.3 Å². The molecule has 1 aliphatic carbocycles. The molecule has 19 heavy (non-hydrogen) atoms. The van der Waals surface area contributed by atoms with Crippen LogP contribution in [0.2, 0.25) is 0 Å². The van der Waals surface area contributed by atoms with Crippen molar-refractivity contribution in [2.75, 3.05) is 19.3 Å². The van der Waals surface area contributed by atoms with Crippen molar-refractivity contribution in [1.29, 1.82) is 0 Å². The highest BCUT2D eigenvalue weighted by molar-refractivity contribution is 14.0. The first-order valence-corrected chi connectivity index (χ1v) is 8.15. The molecule has 1 aromatic heterocycles. The van der Waals surface area contributed by atoms with Crippen molar-refractivity contribution in [3.8, 4) is 0 Å². The van der Waals surface area contributed by atoms with Crippen molar-refractivity contribution >= 4 is 53.0 Å². The Kier molecular flexibility index (Phi) is 8.08. The molecule has 2 N–H and O–H groups in total. The SMILES string of the molecule is CN=C(NCCCSc1nccs1)NC1CC1C.I. The van der Waals surface area contributed by atoms with E-state index in [1.165, 1.54) is 6.42 Å². The van der Waals surface area contributed by atoms with Gasteiger partial charge in [0, 0.05) is 37.0 Å². The molecule has 0 saturated heterocycles. The fourth-order valence-corrected chi connectivity index (χ4v) is 3.26. The lowest BCUT2D eigenvalue weighted by molar-refractivity contribution is 0.753. The van der Waals surface area contributed by atoms with Crippen LogP contribution < -0.4 is 10.6 Å². The van der Waals surface area contributed by atoms with Crippen LogP contribution in [0.5, 0.6) is 0 Å². The minimum atomic E-state index is 0. The Hall–Kier alpha value is -0.0200. The van der Waals surface area contributed by atoms with Crippen molar-refractivity contribution < 1.29 is 0 Å². The van der Waals surface area contributed by atoms with Crippen LogP contribution in [0.4, 0.5) is 0 Å². The number of nitrogens with zero attached hydrogens (tertiary/aromatic N) is 2. The second-order valence-corrected chi connectivity index (χ2v) is 6.70. The van der Waals surface area contributed by atoms with Gasteiger partial charge in [0.15, 0.2) is 5.96 Å². The number of aliphatic imine (C=N–C) groups is 1. The van der Waals surface area contributed by atoms with Crippen LogP contribution in [0.25, 0.3) is 0 Å². The average molecular weight is 412 g/mol. The summed E-state index contributed by atoms with van der Waals surface area (Å²) in [6.45, 7) is 3.22. The van der Waals surface area contributed by atoms with Crippen molar-refractivity contribution in [3.63, 3.8) is 0 Å². The summed E-state index contributed by atoms with van der Waals surface area (Å²) >= 11 is 3.52. The molecule has 0 spiro atoms. The van der Waals surface area contributed by atoms with Gasteiger partial charge >= 0.3 is 0 Å². The zero-order valence-electron chi connectivity index (χ0n) is 11.3. The molecule has 0 aliphatic heterocycles. The van der Waals surface area contributed by atoms with Crippen LogP contribution in [0.1, 0.15) is 19.8 Å². The van der Waals surface area contributed by atoms with Gasteiger partial charge in [0.1, 0.15) is 4.34 Å². The molecule has 1 aliphatic rings. The third-order valence-electron chi connectivity index (χ3n) is 2.90. The number of thioether (sulfide) groups is 1. The molecule has 0 aromatic carbocycles. The lowest BCUT2D eigenvalue weighted by Crippen LogP contribution is -2.39. The quantitative estimate of drug-likeness (QED) is 0.248. The van der Waals surface area contributed by atoms with Gasteiger partial charge in [0.05, 0.1) is 0 Å². The molecule has 2 atom stereocenters. The fourth-order valence-electron chi connectivity index (χ4n) is 1.61. The monoisotopic (exact) mass is 412 g/mol. The van der Waals surface area contributed by atoms with Gasteiger partial charge in [-0.2, -0.15) is 0 Å². The third kappa shape index (κ3) is 6.31. The minimum absolute atomic E-state index is 0. The molecule has 4 nitrogen and oxygen atoms in total. The van der Waals surface area contributed by atoms with Crippen LogP contribution in [0.3, 0.4) is 0 Å². The summed E-state index contributed by atoms with van der Waals surface area (Å²) in [4.78, 5) is 8.47. The molecule has 0 radical (unpaired) electrons. The molecule has 1 fully saturated rings. The fraction of sp³-hybridized carbons (Fsp3) is 0.667. The highest BCUT2D eigenvalue weighted by Gasteiger charge is 2.32. The van der Waals surface area contributed by atoms with Gasteiger partial charge in [-0.05, 0) is 18.8 Å². The molecule has 1 aromatic rings. The van der Waals surface area contributed by atoms with E-state index in [-0.39, 0.29) is 24.0 Å². The van der Waals surface area contributed by atoms with Crippen molar-refractivity contribution in [1.82, 2.24) is 15.6 Å². The number of hydrogen-bond acceptors (Lipinski definition) is 4. The Morgan fingerprint density at radius 3 is 3.00 bits per heavy atom. The highest BCUT2D eigenvalue weighted by Crippen LogP contribution is 2.28. The molecule has 7 heteroatoms. The van der Waals surface area contributed by atoms with Gasteiger partial charge in [0.2, 0.25) is 0 Å². The molecule has 2 unspecified atom stereocenters. The largest absolute Gasteiger partial charge is 0.356 e. The maximum absolute atomic E-state index is 4.25. The van der Waals surface area contributed by atoms with Gasteiger partial charge < -0.3 is 10.6 Å². The Bertz CT molecular complexity index is 383. The van der Waals surface area contributed by atoms with E-state index in [9.17, 15) is 0 Å². The lowest BCUT2D eigenvalue weighted by Gasteiger charge is -2.10. The van der Waals surface area contributed by atoms with E-state index in [1.807, 2.05) is 30.4 Å². The van der Waals surface area contributed by atoms with E-state index < -0.39 is 0 Å². The zero-order valence-corrected chi connectivity index (χ0v) is 15.2. The molecule has 2 rings (SSSR count). The molecule has 108 valence electrons. The Morgan fingerprint density at radius 2 is 2.42 bits per heavy atom. The van der Waals surface area contributed by atoms with Gasteiger partial charge in [-0.3, -0.25) is 4.99 Å². The van der Waals surface area contributed by atoms with Crippen LogP contribution >= 0.6 is 47.1 Å². The summed E-state index contributed by atoms with van der Waals surface area (Å²) in [5, 5.41) is 8.78. The predicted octanol–water partition coefficient (Wildman–Crippen LogP) is 2.82. The zero-order chi connectivity index (χ0) is 12.8. The van der Waals surface area contributed by atoms with E-state index in [4.69, 9.17) is 0 Å². The Labute approximate surface area is 140 Å². The Morgan fingerprint density at radius 1 is 1.63 bits per heavy atom. The van der Waals surface area contributed by atoms with Crippen molar-refractivity contribution in [3.05, 3.63) is 11.6 Å². The van der Waals surface area contributed by atoms with Gasteiger partial charge in [-0.1, -0.05) is 18.7 Å². The number of guanidine groups is 1. The summed E-state index contributed by atoms with van der Waals surface area (Å²) in [5.41, 5.74) is 0. The second kappa shape index (κ2) is 9.02. The third-order valence-corrected chi connectivity index (χ3v) is 4.96. The normalized spacial score (nSPS) is 21.7. The smallest absolute Gasteiger partial charge is 0.191 e. The minimum Gasteiger partial charge on any atom is -0.356 e. The second-order valence-electron chi connectivity index (χ2n) is 4.46. The number of nitrogens with one attached hydrogen (secondary N) is 2. The van der Waals surface area contributed by atoms with E-state index >= 15 is 0 Å². The summed E-state index contributed by atoms with van der Waals surface area (Å²) in [6.07, 6.45) is 4.24. The topological polar surface area (TPSA) is 49.3 Å². The first kappa shape index (κ1) is 17.0. The molecule has 0 amide bonds. The van der Waals surface area contributed by atoms with E-state index in [0.717, 1.165) is 34.9 Å². The number of thiazole rings is 1. The summed E-state index contributed by atoms with van der Waals surface area (Å²) in [6, 6.07) is 0.626. The summed E-state index contributed by atoms with van der Waals surface area (Å²) in [7, 11) is 1.83. The summed E-state index contributed by atoms with van der Waals surface area (Å²) < 4.78 is 1.16. The van der Waals surface area contributed by atoms with Crippen molar-refractivity contribution in [2.24, 2.45) is 10.9 Å². The van der Waals surface area contributed by atoms with E-state index in [0.29, 0.717) is 6.04 Å². The molecular weight excluding hydrogens is 391 g/mol. The lowest BCUT2D eigenvalue weighted by atomic mass is 10.4. The van der Waals surface area contributed by atoms with Crippen LogP contribution in [-0.2, 0) is 0 Å². The van der Waals surface area contributed by atoms with Gasteiger partial charge in [-0.25, -0.2) is 4.98 Å². The van der Waals surface area contributed by atoms with E-state index in [1.54, 1.807) is 11.3 Å². The molecule has 1 saturated carbocycles. The first-order chi connectivity index (χ1) is 8.79. The molecule has 0 bridgehead atoms. The van der Waals surface area contributed by atoms with Crippen LogP contribution in [0.15, 0.2) is 20.9 Å². The van der Waals surface area contributed by atoms with Gasteiger partial charge in [0.25, 0.3) is 0 Å². The predicted molar refractivity (Wildman–Crippen MR) is 94.9 cm³/mol. The van der Waals surface area contributed by atoms with Crippen LogP contribution in [0, 0.1) is 5.92 Å². The van der Waals surface area contributed by atoms with E-state index in [2.05, 4.69) is 27.5 Å². The maximum Gasteiger partial charge on any atom is 0.191 e. The molecule has 1 heterocycles. The standard InChI is InChI=1S/C12H20N4S2.HI/c1-9-8-10(9)16-11(13-2)14-4-3-6-17-12-15-5-7-18-12;/h5,7,9-10H,3-4,6,8H2,1-2H3,(H2,13,14,16);1H. The van der Waals surface area contributed by atoms with Crippen LogP contribution in [-0.4, -0.2) is 36.3 Å². The number of aromatic nitrogens is 1. The first-order valence-electron chi connectivity index (χ1n) is 6.29. The summed E-state index contributed by atoms with van der Waals surface area (Å²) in [5.74, 6) is 2.82. The molecular formula is C12H21IN4S2. The number of halogens is 1. The Balaban J connectivity index is 0.00000180. The number of rotatable bonds is 6. The number of hydrogen-bond donors (Lipinski definition) is 2. The maximum atomic E-state index is 4.25.